The van der Waals surface area contributed by atoms with Crippen molar-refractivity contribution >= 4 is 0 Å². The number of aliphatic hydroxyl groups is 1. The van der Waals surface area contributed by atoms with Crippen molar-refractivity contribution in [1.29, 1.82) is 0 Å². The van der Waals surface area contributed by atoms with Crippen molar-refractivity contribution in [2.24, 2.45) is 5.73 Å². The van der Waals surface area contributed by atoms with Gasteiger partial charge in [0.1, 0.15) is 0 Å². The van der Waals surface area contributed by atoms with Gasteiger partial charge in [-0.3, -0.25) is 0 Å². The number of aliphatic hydroxyl groups excluding tert-OH is 1. The summed E-state index contributed by atoms with van der Waals surface area (Å²) in [4.78, 5) is 0. The molecule has 0 heterocycles. The van der Waals surface area contributed by atoms with Crippen molar-refractivity contribution in [3.63, 3.8) is 0 Å². The zero-order valence-corrected chi connectivity index (χ0v) is 6.62. The first kappa shape index (κ1) is 8.24. The van der Waals surface area contributed by atoms with E-state index in [0.717, 1.165) is 11.1 Å². The van der Waals surface area contributed by atoms with E-state index in [-0.39, 0.29) is 6.54 Å². The van der Waals surface area contributed by atoms with Crippen LogP contribution in [0.3, 0.4) is 0 Å². The Hall–Kier alpha value is -0.860. The Balaban J connectivity index is 2.93. The van der Waals surface area contributed by atoms with E-state index in [4.69, 9.17) is 5.73 Å². The van der Waals surface area contributed by atoms with Crippen LogP contribution in [-0.2, 0) is 0 Å². The minimum absolute atomic E-state index is 0.283. The average molecular weight is 151 g/mol. The number of rotatable bonds is 2. The average Bonchev–Trinajstić information content (AvgIpc) is 2.04. The fourth-order valence-electron chi connectivity index (χ4n) is 1.09. The Morgan fingerprint density at radius 2 is 2.09 bits per heavy atom. The molecule has 0 spiro atoms. The topological polar surface area (TPSA) is 46.2 Å². The van der Waals surface area contributed by atoms with Gasteiger partial charge in [-0.05, 0) is 18.1 Å². The first-order valence-electron chi connectivity index (χ1n) is 3.69. The molecule has 1 aromatic carbocycles. The number of aryl methyl sites for hydroxylation is 1. The lowest BCUT2D eigenvalue weighted by molar-refractivity contribution is 0.186. The highest BCUT2D eigenvalue weighted by Crippen LogP contribution is 2.15. The molecule has 0 aliphatic rings. The van der Waals surface area contributed by atoms with Crippen molar-refractivity contribution in [2.75, 3.05) is 6.54 Å². The van der Waals surface area contributed by atoms with E-state index < -0.39 is 6.10 Å². The van der Waals surface area contributed by atoms with Crippen LogP contribution in [0.2, 0.25) is 0 Å². The first-order chi connectivity index (χ1) is 5.25. The molecule has 0 amide bonds. The SMILES string of the molecule is Cc1ccccc1[C@H](O)CN. The van der Waals surface area contributed by atoms with Crippen LogP contribution >= 0.6 is 0 Å². The minimum Gasteiger partial charge on any atom is -0.387 e. The van der Waals surface area contributed by atoms with Gasteiger partial charge in [0.2, 0.25) is 0 Å². The second-order valence-electron chi connectivity index (χ2n) is 2.61. The molecule has 1 rings (SSSR count). The molecule has 0 saturated carbocycles. The summed E-state index contributed by atoms with van der Waals surface area (Å²) in [6.45, 7) is 2.25. The molecule has 2 nitrogen and oxygen atoms in total. The minimum atomic E-state index is -0.517. The maximum Gasteiger partial charge on any atom is 0.0914 e. The van der Waals surface area contributed by atoms with Gasteiger partial charge in [0, 0.05) is 6.54 Å². The highest BCUT2D eigenvalue weighted by molar-refractivity contribution is 5.27. The van der Waals surface area contributed by atoms with Gasteiger partial charge in [0.15, 0.2) is 0 Å². The number of hydrogen-bond acceptors (Lipinski definition) is 2. The fourth-order valence-corrected chi connectivity index (χ4v) is 1.09. The van der Waals surface area contributed by atoms with E-state index in [1.165, 1.54) is 0 Å². The smallest absolute Gasteiger partial charge is 0.0914 e. The molecule has 0 bridgehead atoms. The molecule has 0 saturated heterocycles. The van der Waals surface area contributed by atoms with Gasteiger partial charge >= 0.3 is 0 Å². The third kappa shape index (κ3) is 1.79. The van der Waals surface area contributed by atoms with Gasteiger partial charge in [-0.15, -0.1) is 0 Å². The molecule has 0 unspecified atom stereocenters. The van der Waals surface area contributed by atoms with E-state index in [1.807, 2.05) is 31.2 Å². The van der Waals surface area contributed by atoms with Gasteiger partial charge in [0.05, 0.1) is 6.10 Å². The molecular formula is C9H13NO. The zero-order chi connectivity index (χ0) is 8.27. The van der Waals surface area contributed by atoms with Gasteiger partial charge in [0.25, 0.3) is 0 Å². The second kappa shape index (κ2) is 3.51. The highest BCUT2D eigenvalue weighted by atomic mass is 16.3. The summed E-state index contributed by atoms with van der Waals surface area (Å²) in [5, 5.41) is 9.39. The predicted octanol–water partition coefficient (Wildman–Crippen LogP) is 0.987. The van der Waals surface area contributed by atoms with E-state index in [2.05, 4.69) is 0 Å². The van der Waals surface area contributed by atoms with Crippen LogP contribution in [0.4, 0.5) is 0 Å². The van der Waals surface area contributed by atoms with Gasteiger partial charge < -0.3 is 10.8 Å². The maximum atomic E-state index is 9.39. The lowest BCUT2D eigenvalue weighted by atomic mass is 10.0. The summed E-state index contributed by atoms with van der Waals surface area (Å²) in [5.41, 5.74) is 7.34. The highest BCUT2D eigenvalue weighted by Gasteiger charge is 2.05. The summed E-state index contributed by atoms with van der Waals surface area (Å²) < 4.78 is 0. The lowest BCUT2D eigenvalue weighted by Gasteiger charge is -2.10. The van der Waals surface area contributed by atoms with Crippen molar-refractivity contribution in [3.05, 3.63) is 35.4 Å². The lowest BCUT2D eigenvalue weighted by Crippen LogP contribution is -2.12. The fraction of sp³-hybridized carbons (Fsp3) is 0.333. The monoisotopic (exact) mass is 151 g/mol. The third-order valence-electron chi connectivity index (χ3n) is 1.77. The third-order valence-corrected chi connectivity index (χ3v) is 1.77. The van der Waals surface area contributed by atoms with Crippen LogP contribution < -0.4 is 5.73 Å². The molecular weight excluding hydrogens is 138 g/mol. The molecule has 2 heteroatoms. The molecule has 11 heavy (non-hydrogen) atoms. The van der Waals surface area contributed by atoms with Crippen molar-refractivity contribution in [1.82, 2.24) is 0 Å². The molecule has 0 aromatic heterocycles. The van der Waals surface area contributed by atoms with Crippen LogP contribution in [-0.4, -0.2) is 11.7 Å². The van der Waals surface area contributed by atoms with Gasteiger partial charge in [-0.25, -0.2) is 0 Å². The van der Waals surface area contributed by atoms with Gasteiger partial charge in [-0.1, -0.05) is 24.3 Å². The zero-order valence-electron chi connectivity index (χ0n) is 6.62. The molecule has 1 aromatic rings. The second-order valence-corrected chi connectivity index (χ2v) is 2.61. The molecule has 60 valence electrons. The number of nitrogens with two attached hydrogens (primary N) is 1. The molecule has 3 N–H and O–H groups in total. The van der Waals surface area contributed by atoms with Gasteiger partial charge in [-0.2, -0.15) is 0 Å². The Morgan fingerprint density at radius 1 is 1.45 bits per heavy atom. The van der Waals surface area contributed by atoms with E-state index in [0.29, 0.717) is 0 Å². The summed E-state index contributed by atoms with van der Waals surface area (Å²) in [7, 11) is 0. The predicted molar refractivity (Wildman–Crippen MR) is 45.2 cm³/mol. The van der Waals surface area contributed by atoms with Crippen LogP contribution in [0, 0.1) is 6.92 Å². The van der Waals surface area contributed by atoms with Crippen LogP contribution in [0.25, 0.3) is 0 Å². The van der Waals surface area contributed by atoms with E-state index in [1.54, 1.807) is 0 Å². The van der Waals surface area contributed by atoms with Crippen LogP contribution in [0.1, 0.15) is 17.2 Å². The quantitative estimate of drug-likeness (QED) is 0.662. The Morgan fingerprint density at radius 3 is 2.64 bits per heavy atom. The summed E-state index contributed by atoms with van der Waals surface area (Å²) in [6.07, 6.45) is -0.517. The summed E-state index contributed by atoms with van der Waals surface area (Å²) >= 11 is 0. The van der Waals surface area contributed by atoms with E-state index >= 15 is 0 Å². The van der Waals surface area contributed by atoms with Crippen LogP contribution in [0.5, 0.6) is 0 Å². The standard InChI is InChI=1S/C9H13NO/c1-7-4-2-3-5-8(7)9(11)6-10/h2-5,9,11H,6,10H2,1H3/t9-/m1/s1. The molecule has 0 radical (unpaired) electrons. The number of hydrogen-bond donors (Lipinski definition) is 2. The molecule has 0 fully saturated rings. The maximum absolute atomic E-state index is 9.39. The molecule has 0 aliphatic heterocycles. The van der Waals surface area contributed by atoms with E-state index in [9.17, 15) is 5.11 Å². The summed E-state index contributed by atoms with van der Waals surface area (Å²) in [6, 6.07) is 7.71. The van der Waals surface area contributed by atoms with Crippen molar-refractivity contribution < 1.29 is 5.11 Å². The van der Waals surface area contributed by atoms with Crippen molar-refractivity contribution in [3.8, 4) is 0 Å². The first-order valence-corrected chi connectivity index (χ1v) is 3.69. The normalized spacial score (nSPS) is 13.0. The largest absolute Gasteiger partial charge is 0.387 e. The Bertz CT molecular complexity index is 235. The van der Waals surface area contributed by atoms with Crippen LogP contribution in [0.15, 0.2) is 24.3 Å². The summed E-state index contributed by atoms with van der Waals surface area (Å²) in [5.74, 6) is 0. The molecule has 0 aliphatic carbocycles. The Kier molecular flexibility index (Phi) is 2.63. The van der Waals surface area contributed by atoms with Crippen molar-refractivity contribution in [2.45, 2.75) is 13.0 Å². The molecule has 1 atom stereocenters. The number of benzene rings is 1. The Labute approximate surface area is 66.7 Å².